The molecule has 30 heavy (non-hydrogen) atoms. The Bertz CT molecular complexity index is 462. The van der Waals surface area contributed by atoms with Crippen molar-refractivity contribution in [2.45, 2.75) is 118 Å². The maximum atomic E-state index is 12.7. The Morgan fingerprint density at radius 2 is 1.30 bits per heavy atom. The highest BCUT2D eigenvalue weighted by atomic mass is 16.5. The molecule has 1 fully saturated rings. The van der Waals surface area contributed by atoms with Gasteiger partial charge in [-0.05, 0) is 50.4 Å². The van der Waals surface area contributed by atoms with E-state index in [1.165, 1.54) is 32.1 Å². The summed E-state index contributed by atoms with van der Waals surface area (Å²) in [7, 11) is 0. The quantitative estimate of drug-likeness (QED) is 0.196. The lowest BCUT2D eigenvalue weighted by atomic mass is 9.81. The van der Waals surface area contributed by atoms with Gasteiger partial charge in [-0.2, -0.15) is 0 Å². The highest BCUT2D eigenvalue weighted by Gasteiger charge is 2.33. The van der Waals surface area contributed by atoms with Crippen LogP contribution >= 0.6 is 0 Å². The van der Waals surface area contributed by atoms with Crippen LogP contribution in [0, 0.1) is 23.7 Å². The molecule has 0 aromatic rings. The number of rotatable bonds is 16. The maximum absolute atomic E-state index is 12.7. The topological polar surface area (TPSA) is 52.6 Å². The molecule has 176 valence electrons. The van der Waals surface area contributed by atoms with Crippen LogP contribution in [0.4, 0.5) is 0 Å². The van der Waals surface area contributed by atoms with Gasteiger partial charge in [0.05, 0.1) is 25.0 Å². The highest BCUT2D eigenvalue weighted by molar-refractivity contribution is 5.76. The first-order valence-electron chi connectivity index (χ1n) is 12.9. The molecule has 1 rings (SSSR count). The number of carbonyl (C=O) groups is 2. The molecule has 4 unspecified atom stereocenters. The van der Waals surface area contributed by atoms with E-state index in [0.29, 0.717) is 31.5 Å². The molecule has 0 heterocycles. The van der Waals surface area contributed by atoms with Crippen LogP contribution in [-0.2, 0) is 19.1 Å². The zero-order chi connectivity index (χ0) is 22.2. The molecule has 4 atom stereocenters. The van der Waals surface area contributed by atoms with E-state index in [9.17, 15) is 9.59 Å². The van der Waals surface area contributed by atoms with Crippen molar-refractivity contribution in [1.82, 2.24) is 0 Å². The van der Waals surface area contributed by atoms with E-state index < -0.39 is 0 Å². The average molecular weight is 425 g/mol. The van der Waals surface area contributed by atoms with E-state index in [1.54, 1.807) is 0 Å². The normalized spacial score (nSPS) is 21.1. The van der Waals surface area contributed by atoms with Gasteiger partial charge in [0, 0.05) is 0 Å². The molecule has 4 nitrogen and oxygen atoms in total. The van der Waals surface area contributed by atoms with E-state index >= 15 is 0 Å². The van der Waals surface area contributed by atoms with Crippen LogP contribution in [0.1, 0.15) is 118 Å². The number of ether oxygens (including phenoxy) is 2. The van der Waals surface area contributed by atoms with Gasteiger partial charge in [0.15, 0.2) is 0 Å². The molecule has 0 saturated heterocycles. The Hall–Kier alpha value is -1.06. The zero-order valence-electron chi connectivity index (χ0n) is 20.3. The first kappa shape index (κ1) is 27.0. The molecule has 1 saturated carbocycles. The second-order valence-electron chi connectivity index (χ2n) is 9.39. The molecule has 0 spiro atoms. The summed E-state index contributed by atoms with van der Waals surface area (Å²) in [5, 5.41) is 0. The smallest absolute Gasteiger partial charge is 0.308 e. The average Bonchev–Trinajstić information content (AvgIpc) is 2.77. The van der Waals surface area contributed by atoms with Crippen molar-refractivity contribution in [2.24, 2.45) is 23.7 Å². The third-order valence-electron chi connectivity index (χ3n) is 6.72. The van der Waals surface area contributed by atoms with Crippen LogP contribution in [0.25, 0.3) is 0 Å². The van der Waals surface area contributed by atoms with Crippen LogP contribution in [0.15, 0.2) is 0 Å². The van der Waals surface area contributed by atoms with E-state index in [4.69, 9.17) is 9.47 Å². The first-order valence-corrected chi connectivity index (χ1v) is 12.9. The lowest BCUT2D eigenvalue weighted by Gasteiger charge is -2.27. The minimum atomic E-state index is -0.143. The molecule has 0 aromatic carbocycles. The van der Waals surface area contributed by atoms with Crippen molar-refractivity contribution in [2.75, 3.05) is 13.2 Å². The number of hydrogen-bond acceptors (Lipinski definition) is 4. The molecule has 0 radical (unpaired) electrons. The van der Waals surface area contributed by atoms with E-state index in [2.05, 4.69) is 27.7 Å². The van der Waals surface area contributed by atoms with E-state index in [1.807, 2.05) is 0 Å². The molecular weight excluding hydrogens is 376 g/mol. The van der Waals surface area contributed by atoms with E-state index in [0.717, 1.165) is 51.4 Å². The van der Waals surface area contributed by atoms with Crippen LogP contribution in [0.5, 0.6) is 0 Å². The summed E-state index contributed by atoms with van der Waals surface area (Å²) in [4.78, 5) is 25.2. The van der Waals surface area contributed by atoms with Crippen molar-refractivity contribution in [3.63, 3.8) is 0 Å². The standard InChI is InChI=1S/C26H48O4/c1-5-9-11-15-22(13-7-3)20-30-26(28)24-17-12-16-23(18-24)25(27)29-19-21(8-4)14-10-6-2/h21-24H,5-20H2,1-4H3. The Balaban J connectivity index is 2.42. The molecule has 0 amide bonds. The summed E-state index contributed by atoms with van der Waals surface area (Å²) in [6, 6.07) is 0. The fourth-order valence-electron chi connectivity index (χ4n) is 4.55. The largest absolute Gasteiger partial charge is 0.465 e. The van der Waals surface area contributed by atoms with Crippen molar-refractivity contribution >= 4 is 11.9 Å². The SMILES string of the molecule is CCCCCC(CCC)COC(=O)C1CCCC(C(=O)OCC(CC)CCCC)C1. The van der Waals surface area contributed by atoms with Crippen molar-refractivity contribution in [1.29, 1.82) is 0 Å². The Labute approximate surface area is 185 Å². The van der Waals surface area contributed by atoms with Crippen molar-refractivity contribution in [3.8, 4) is 0 Å². The lowest BCUT2D eigenvalue weighted by Crippen LogP contribution is -2.31. The van der Waals surface area contributed by atoms with Gasteiger partial charge >= 0.3 is 11.9 Å². The van der Waals surface area contributed by atoms with Crippen LogP contribution in [0.3, 0.4) is 0 Å². The van der Waals surface area contributed by atoms with Gasteiger partial charge in [0.25, 0.3) is 0 Å². The summed E-state index contributed by atoms with van der Waals surface area (Å²) in [6.45, 7) is 9.82. The summed E-state index contributed by atoms with van der Waals surface area (Å²) in [5.74, 6) is 0.446. The van der Waals surface area contributed by atoms with Crippen molar-refractivity contribution < 1.29 is 19.1 Å². The fraction of sp³-hybridized carbons (Fsp3) is 0.923. The third kappa shape index (κ3) is 10.8. The molecule has 4 heteroatoms. The predicted molar refractivity (Wildman–Crippen MR) is 123 cm³/mol. The number of unbranched alkanes of at least 4 members (excludes halogenated alkanes) is 3. The summed E-state index contributed by atoms with van der Waals surface area (Å²) in [6.07, 6.45) is 14.8. The summed E-state index contributed by atoms with van der Waals surface area (Å²) < 4.78 is 11.4. The number of hydrogen-bond donors (Lipinski definition) is 0. The van der Waals surface area contributed by atoms with Gasteiger partial charge in [0.2, 0.25) is 0 Å². The van der Waals surface area contributed by atoms with Gasteiger partial charge in [0.1, 0.15) is 0 Å². The zero-order valence-corrected chi connectivity index (χ0v) is 20.3. The van der Waals surface area contributed by atoms with Crippen LogP contribution in [0.2, 0.25) is 0 Å². The number of carbonyl (C=O) groups excluding carboxylic acids is 2. The third-order valence-corrected chi connectivity index (χ3v) is 6.72. The Morgan fingerprint density at radius 1 is 0.733 bits per heavy atom. The Kier molecular flexibility index (Phi) is 14.9. The lowest BCUT2D eigenvalue weighted by molar-refractivity contribution is -0.156. The van der Waals surface area contributed by atoms with Gasteiger partial charge in [-0.1, -0.05) is 79.1 Å². The molecule has 0 aromatic heterocycles. The summed E-state index contributed by atoms with van der Waals surface area (Å²) in [5.41, 5.74) is 0. The van der Waals surface area contributed by atoms with E-state index in [-0.39, 0.29) is 23.8 Å². The Morgan fingerprint density at radius 3 is 1.83 bits per heavy atom. The first-order chi connectivity index (χ1) is 14.5. The number of esters is 2. The molecule has 1 aliphatic rings. The minimum absolute atomic E-state index is 0.0986. The minimum Gasteiger partial charge on any atom is -0.465 e. The second kappa shape index (κ2) is 16.6. The summed E-state index contributed by atoms with van der Waals surface area (Å²) >= 11 is 0. The van der Waals surface area contributed by atoms with Gasteiger partial charge in [-0.25, -0.2) is 0 Å². The molecule has 1 aliphatic carbocycles. The molecular formula is C26H48O4. The van der Waals surface area contributed by atoms with Crippen molar-refractivity contribution in [3.05, 3.63) is 0 Å². The highest BCUT2D eigenvalue weighted by Crippen LogP contribution is 2.31. The second-order valence-corrected chi connectivity index (χ2v) is 9.39. The monoisotopic (exact) mass is 424 g/mol. The molecule has 0 N–H and O–H groups in total. The van der Waals surface area contributed by atoms with Gasteiger partial charge < -0.3 is 9.47 Å². The van der Waals surface area contributed by atoms with Gasteiger partial charge in [-0.15, -0.1) is 0 Å². The van der Waals surface area contributed by atoms with Crippen LogP contribution in [-0.4, -0.2) is 25.2 Å². The van der Waals surface area contributed by atoms with Crippen LogP contribution < -0.4 is 0 Å². The molecule has 0 bridgehead atoms. The fourth-order valence-corrected chi connectivity index (χ4v) is 4.55. The maximum Gasteiger partial charge on any atom is 0.308 e. The molecule has 0 aliphatic heterocycles. The van der Waals surface area contributed by atoms with Gasteiger partial charge in [-0.3, -0.25) is 9.59 Å². The predicted octanol–water partition coefficient (Wildman–Crippen LogP) is 7.09.